The van der Waals surface area contributed by atoms with Crippen molar-refractivity contribution in [2.45, 2.75) is 62.9 Å². The molecule has 32 heavy (non-hydrogen) atoms. The number of benzene rings is 1. The third-order valence-corrected chi connectivity index (χ3v) is 6.61. The second kappa shape index (κ2) is 10.2. The van der Waals surface area contributed by atoms with Gasteiger partial charge < -0.3 is 5.32 Å². The monoisotopic (exact) mass is 490 g/mol. The standard InChI is InChI=1S/C22H24Cl2N6OS/c1-13-8-14(2)26-22(25-13)32-12-19-20(21(31)27-17-6-4-3-5-7-17)28-29-30(19)18-10-15(23)9-16(24)11-18/h8-11,17H,3-7,12H2,1-2H3,(H,27,31). The Morgan fingerprint density at radius 3 is 2.38 bits per heavy atom. The van der Waals surface area contributed by atoms with E-state index in [4.69, 9.17) is 23.2 Å². The first-order chi connectivity index (χ1) is 15.4. The quantitative estimate of drug-likeness (QED) is 0.370. The molecule has 168 valence electrons. The molecule has 1 aromatic carbocycles. The van der Waals surface area contributed by atoms with Crippen molar-refractivity contribution in [2.75, 3.05) is 0 Å². The van der Waals surface area contributed by atoms with E-state index in [-0.39, 0.29) is 11.9 Å². The minimum atomic E-state index is -0.215. The van der Waals surface area contributed by atoms with Crippen LogP contribution in [0.3, 0.4) is 0 Å². The van der Waals surface area contributed by atoms with E-state index < -0.39 is 0 Å². The Balaban J connectivity index is 1.66. The topological polar surface area (TPSA) is 85.6 Å². The summed E-state index contributed by atoms with van der Waals surface area (Å²) in [6, 6.07) is 7.23. The number of carbonyl (C=O) groups excluding carboxylic acids is 1. The first-order valence-electron chi connectivity index (χ1n) is 10.6. The van der Waals surface area contributed by atoms with Crippen LogP contribution in [0.5, 0.6) is 0 Å². The predicted molar refractivity (Wildman–Crippen MR) is 127 cm³/mol. The van der Waals surface area contributed by atoms with Crippen LogP contribution in [0.25, 0.3) is 5.69 Å². The van der Waals surface area contributed by atoms with Crippen molar-refractivity contribution < 1.29 is 4.79 Å². The van der Waals surface area contributed by atoms with Crippen molar-refractivity contribution in [3.63, 3.8) is 0 Å². The van der Waals surface area contributed by atoms with Crippen LogP contribution in [0.15, 0.2) is 29.4 Å². The van der Waals surface area contributed by atoms with Gasteiger partial charge in [-0.25, -0.2) is 14.6 Å². The Kier molecular flexibility index (Phi) is 7.33. The molecule has 0 radical (unpaired) electrons. The van der Waals surface area contributed by atoms with Crippen LogP contribution in [0.4, 0.5) is 0 Å². The highest BCUT2D eigenvalue weighted by molar-refractivity contribution is 7.98. The molecular formula is C22H24Cl2N6OS. The molecule has 2 heterocycles. The average molecular weight is 491 g/mol. The summed E-state index contributed by atoms with van der Waals surface area (Å²) in [5.41, 5.74) is 3.36. The van der Waals surface area contributed by atoms with E-state index >= 15 is 0 Å². The van der Waals surface area contributed by atoms with Gasteiger partial charge >= 0.3 is 0 Å². The fourth-order valence-corrected chi connectivity index (χ4v) is 5.32. The first-order valence-corrected chi connectivity index (χ1v) is 12.3. The number of hydrogen-bond donors (Lipinski definition) is 1. The van der Waals surface area contributed by atoms with Crippen LogP contribution in [-0.2, 0) is 5.75 Å². The Morgan fingerprint density at radius 1 is 1.06 bits per heavy atom. The van der Waals surface area contributed by atoms with Gasteiger partial charge in [0.25, 0.3) is 5.91 Å². The van der Waals surface area contributed by atoms with E-state index in [9.17, 15) is 4.79 Å². The molecule has 10 heteroatoms. The van der Waals surface area contributed by atoms with Gasteiger partial charge in [0.05, 0.1) is 11.4 Å². The Bertz CT molecular complexity index is 1090. The van der Waals surface area contributed by atoms with E-state index in [0.29, 0.717) is 38.0 Å². The molecule has 1 aliphatic carbocycles. The molecular weight excluding hydrogens is 467 g/mol. The zero-order chi connectivity index (χ0) is 22.7. The van der Waals surface area contributed by atoms with E-state index in [2.05, 4.69) is 25.6 Å². The molecule has 7 nitrogen and oxygen atoms in total. The van der Waals surface area contributed by atoms with Crippen molar-refractivity contribution in [3.8, 4) is 5.69 Å². The average Bonchev–Trinajstić information content (AvgIpc) is 3.16. The van der Waals surface area contributed by atoms with Crippen LogP contribution in [0, 0.1) is 13.8 Å². The van der Waals surface area contributed by atoms with Crippen LogP contribution >= 0.6 is 35.0 Å². The van der Waals surface area contributed by atoms with Crippen LogP contribution < -0.4 is 5.32 Å². The maximum absolute atomic E-state index is 13.1. The van der Waals surface area contributed by atoms with Crippen molar-refractivity contribution in [2.24, 2.45) is 0 Å². The number of nitrogens with one attached hydrogen (secondary N) is 1. The molecule has 2 aromatic heterocycles. The van der Waals surface area contributed by atoms with E-state index in [1.807, 2.05) is 19.9 Å². The van der Waals surface area contributed by atoms with Gasteiger partial charge in [-0.1, -0.05) is 59.4 Å². The van der Waals surface area contributed by atoms with Crippen molar-refractivity contribution in [1.29, 1.82) is 0 Å². The lowest BCUT2D eigenvalue weighted by Gasteiger charge is -2.22. The van der Waals surface area contributed by atoms with Gasteiger partial charge in [0, 0.05) is 33.2 Å². The number of hydrogen-bond acceptors (Lipinski definition) is 6. The Morgan fingerprint density at radius 2 is 1.72 bits per heavy atom. The lowest BCUT2D eigenvalue weighted by molar-refractivity contribution is 0.0922. The van der Waals surface area contributed by atoms with Crippen molar-refractivity contribution in [1.82, 2.24) is 30.3 Å². The number of rotatable bonds is 6. The molecule has 1 aliphatic rings. The van der Waals surface area contributed by atoms with Crippen LogP contribution in [0.1, 0.15) is 59.7 Å². The third kappa shape index (κ3) is 5.60. The second-order valence-corrected chi connectivity index (χ2v) is 9.77. The van der Waals surface area contributed by atoms with Crippen molar-refractivity contribution in [3.05, 3.63) is 57.1 Å². The Hall–Kier alpha value is -2.16. The largest absolute Gasteiger partial charge is 0.348 e. The zero-order valence-corrected chi connectivity index (χ0v) is 20.3. The van der Waals surface area contributed by atoms with Crippen molar-refractivity contribution >= 4 is 40.9 Å². The number of thioether (sulfide) groups is 1. The van der Waals surface area contributed by atoms with Gasteiger partial charge in [-0.15, -0.1) is 5.10 Å². The summed E-state index contributed by atoms with van der Waals surface area (Å²) < 4.78 is 1.61. The summed E-state index contributed by atoms with van der Waals surface area (Å²) in [5, 5.41) is 13.2. The molecule has 1 saturated carbocycles. The molecule has 1 fully saturated rings. The first kappa shape index (κ1) is 23.0. The zero-order valence-electron chi connectivity index (χ0n) is 17.9. The highest BCUT2D eigenvalue weighted by atomic mass is 35.5. The summed E-state index contributed by atoms with van der Waals surface area (Å²) in [7, 11) is 0. The summed E-state index contributed by atoms with van der Waals surface area (Å²) >= 11 is 13.8. The summed E-state index contributed by atoms with van der Waals surface area (Å²) in [4.78, 5) is 22.1. The molecule has 3 aromatic rings. The maximum Gasteiger partial charge on any atom is 0.274 e. The maximum atomic E-state index is 13.1. The van der Waals surface area contributed by atoms with Crippen LogP contribution in [-0.4, -0.2) is 36.9 Å². The molecule has 0 unspecified atom stereocenters. The summed E-state index contributed by atoms with van der Waals surface area (Å²) in [6.45, 7) is 3.86. The van der Waals surface area contributed by atoms with E-state index in [1.165, 1.54) is 18.2 Å². The number of aromatic nitrogens is 5. The fourth-order valence-electron chi connectivity index (χ4n) is 3.87. The van der Waals surface area contributed by atoms with E-state index in [1.54, 1.807) is 22.9 Å². The third-order valence-electron chi connectivity index (χ3n) is 5.31. The lowest BCUT2D eigenvalue weighted by Crippen LogP contribution is -2.36. The van der Waals surface area contributed by atoms with Gasteiger partial charge in [-0.2, -0.15) is 0 Å². The summed E-state index contributed by atoms with van der Waals surface area (Å²) in [5.74, 6) is 0.196. The minimum absolute atomic E-state index is 0.172. The molecule has 0 saturated heterocycles. The molecule has 1 amide bonds. The number of aryl methyl sites for hydroxylation is 2. The molecule has 0 aliphatic heterocycles. The van der Waals surface area contributed by atoms with Gasteiger partial charge in [-0.3, -0.25) is 4.79 Å². The van der Waals surface area contributed by atoms with Crippen LogP contribution in [0.2, 0.25) is 10.0 Å². The highest BCUT2D eigenvalue weighted by Gasteiger charge is 2.24. The smallest absolute Gasteiger partial charge is 0.274 e. The normalized spacial score (nSPS) is 14.5. The molecule has 1 N–H and O–H groups in total. The number of amides is 1. The minimum Gasteiger partial charge on any atom is -0.348 e. The number of nitrogens with zero attached hydrogens (tertiary/aromatic N) is 5. The molecule has 0 spiro atoms. The number of carbonyl (C=O) groups is 1. The second-order valence-electron chi connectivity index (χ2n) is 7.95. The number of halogens is 2. The summed E-state index contributed by atoms with van der Waals surface area (Å²) in [6.07, 6.45) is 5.46. The predicted octanol–water partition coefficient (Wildman–Crippen LogP) is 5.34. The Labute approximate surface area is 201 Å². The SMILES string of the molecule is Cc1cc(C)nc(SCc2c(C(=O)NC3CCCCC3)nnn2-c2cc(Cl)cc(Cl)c2)n1. The fraction of sp³-hybridized carbons (Fsp3) is 0.409. The highest BCUT2D eigenvalue weighted by Crippen LogP contribution is 2.27. The molecule has 4 rings (SSSR count). The van der Waals surface area contributed by atoms with E-state index in [0.717, 1.165) is 37.1 Å². The van der Waals surface area contributed by atoms with Gasteiger partial charge in [0.2, 0.25) is 0 Å². The van der Waals surface area contributed by atoms with Gasteiger partial charge in [-0.05, 0) is 51.0 Å². The molecule has 0 atom stereocenters. The van der Waals surface area contributed by atoms with Gasteiger partial charge in [0.15, 0.2) is 10.9 Å². The molecule has 0 bridgehead atoms. The van der Waals surface area contributed by atoms with Gasteiger partial charge in [0.1, 0.15) is 0 Å². The lowest BCUT2D eigenvalue weighted by atomic mass is 9.95.